The summed E-state index contributed by atoms with van der Waals surface area (Å²) in [4.78, 5) is 7.44. The van der Waals surface area contributed by atoms with E-state index in [0.717, 1.165) is 44.9 Å². The van der Waals surface area contributed by atoms with Crippen LogP contribution in [0.4, 0.5) is 0 Å². The van der Waals surface area contributed by atoms with Crippen molar-refractivity contribution in [2.75, 3.05) is 45.9 Å². The highest BCUT2D eigenvalue weighted by atomic mass is 16.3. The summed E-state index contributed by atoms with van der Waals surface area (Å²) >= 11 is 0. The molecule has 0 spiro atoms. The molecule has 1 heterocycles. The molecule has 3 N–H and O–H groups in total. The Hall–Kier alpha value is -0.810. The molecule has 0 aromatic carbocycles. The summed E-state index contributed by atoms with van der Waals surface area (Å²) in [6, 6.07) is 0. The largest absolute Gasteiger partial charge is 0.396 e. The highest BCUT2D eigenvalue weighted by Crippen LogP contribution is 2.30. The number of likely N-dealkylation sites (tertiary alicyclic amines) is 1. The van der Waals surface area contributed by atoms with E-state index in [2.05, 4.69) is 36.3 Å². The van der Waals surface area contributed by atoms with Gasteiger partial charge in [0.05, 0.1) is 0 Å². The van der Waals surface area contributed by atoms with Gasteiger partial charge in [0.15, 0.2) is 5.96 Å². The van der Waals surface area contributed by atoms with Gasteiger partial charge in [-0.25, -0.2) is 0 Å². The van der Waals surface area contributed by atoms with Crippen LogP contribution in [-0.4, -0.2) is 61.8 Å². The number of nitrogens with zero attached hydrogens (tertiary/aromatic N) is 2. The van der Waals surface area contributed by atoms with Crippen LogP contribution in [0.2, 0.25) is 0 Å². The van der Waals surface area contributed by atoms with Gasteiger partial charge in [0.1, 0.15) is 0 Å². The lowest BCUT2D eigenvalue weighted by Gasteiger charge is -2.29. The molecule has 0 aliphatic carbocycles. The third kappa shape index (κ3) is 9.22. The standard InChI is InChI=1S/C21H44N4O/c1-4-21(5-2,13-18-26)19-24-20(22-6-3)23-14-9-7-10-15-25-16-11-8-12-17-25/h26H,4-19H2,1-3H3,(H2,22,23,24). The molecule has 26 heavy (non-hydrogen) atoms. The number of piperidine rings is 1. The van der Waals surface area contributed by atoms with E-state index >= 15 is 0 Å². The highest BCUT2D eigenvalue weighted by molar-refractivity contribution is 5.79. The predicted octanol–water partition coefficient (Wildman–Crippen LogP) is 3.39. The normalized spacial score (nSPS) is 16.7. The Labute approximate surface area is 162 Å². The third-order valence-electron chi connectivity index (χ3n) is 5.95. The molecule has 1 aliphatic rings. The Morgan fingerprint density at radius 1 is 1.00 bits per heavy atom. The number of aliphatic hydroxyl groups excluding tert-OH is 1. The molecule has 0 aromatic rings. The van der Waals surface area contributed by atoms with Gasteiger partial charge in [-0.1, -0.05) is 26.7 Å². The first-order valence-corrected chi connectivity index (χ1v) is 11.0. The van der Waals surface area contributed by atoms with Crippen molar-refractivity contribution in [2.24, 2.45) is 10.4 Å². The van der Waals surface area contributed by atoms with Gasteiger partial charge in [0, 0.05) is 26.2 Å². The number of aliphatic hydroxyl groups is 1. The molecule has 1 rings (SSSR count). The Kier molecular flexibility index (Phi) is 12.8. The lowest BCUT2D eigenvalue weighted by Crippen LogP contribution is -2.39. The van der Waals surface area contributed by atoms with Crippen molar-refractivity contribution in [3.05, 3.63) is 0 Å². The third-order valence-corrected chi connectivity index (χ3v) is 5.95. The summed E-state index contributed by atoms with van der Waals surface area (Å²) in [5, 5.41) is 16.2. The maximum atomic E-state index is 9.37. The molecule has 154 valence electrons. The molecule has 1 aliphatic heterocycles. The van der Waals surface area contributed by atoms with Crippen molar-refractivity contribution >= 4 is 5.96 Å². The Balaban J connectivity index is 2.28. The van der Waals surface area contributed by atoms with E-state index in [-0.39, 0.29) is 12.0 Å². The minimum atomic E-state index is 0.131. The predicted molar refractivity (Wildman–Crippen MR) is 113 cm³/mol. The van der Waals surface area contributed by atoms with Crippen molar-refractivity contribution in [3.8, 4) is 0 Å². The highest BCUT2D eigenvalue weighted by Gasteiger charge is 2.25. The maximum Gasteiger partial charge on any atom is 0.191 e. The first kappa shape index (κ1) is 23.2. The van der Waals surface area contributed by atoms with E-state index in [1.54, 1.807) is 0 Å². The average Bonchev–Trinajstić information content (AvgIpc) is 2.68. The average molecular weight is 369 g/mol. The minimum Gasteiger partial charge on any atom is -0.396 e. The molecule has 0 radical (unpaired) electrons. The zero-order valence-electron chi connectivity index (χ0n) is 17.7. The van der Waals surface area contributed by atoms with Crippen LogP contribution >= 0.6 is 0 Å². The fraction of sp³-hybridized carbons (Fsp3) is 0.952. The second kappa shape index (κ2) is 14.3. The topological polar surface area (TPSA) is 59.9 Å². The van der Waals surface area contributed by atoms with Gasteiger partial charge >= 0.3 is 0 Å². The number of hydrogen-bond donors (Lipinski definition) is 3. The minimum absolute atomic E-state index is 0.131. The van der Waals surface area contributed by atoms with Gasteiger partial charge in [-0.2, -0.15) is 0 Å². The van der Waals surface area contributed by atoms with E-state index in [1.807, 2.05) is 0 Å². The molecule has 0 unspecified atom stereocenters. The molecule has 0 atom stereocenters. The second-order valence-corrected chi connectivity index (χ2v) is 7.77. The monoisotopic (exact) mass is 368 g/mol. The molecule has 5 nitrogen and oxygen atoms in total. The molecule has 0 aromatic heterocycles. The van der Waals surface area contributed by atoms with Crippen LogP contribution in [0.5, 0.6) is 0 Å². The van der Waals surface area contributed by atoms with E-state index in [1.165, 1.54) is 58.2 Å². The zero-order valence-corrected chi connectivity index (χ0v) is 17.7. The number of hydrogen-bond acceptors (Lipinski definition) is 3. The molecule has 0 amide bonds. The van der Waals surface area contributed by atoms with Gasteiger partial charge in [-0.15, -0.1) is 0 Å². The van der Waals surface area contributed by atoms with Crippen molar-refractivity contribution in [1.29, 1.82) is 0 Å². The number of nitrogens with one attached hydrogen (secondary N) is 2. The quantitative estimate of drug-likeness (QED) is 0.265. The fourth-order valence-electron chi connectivity index (χ4n) is 3.76. The smallest absolute Gasteiger partial charge is 0.191 e. The summed E-state index contributed by atoms with van der Waals surface area (Å²) in [6.45, 7) is 13.3. The zero-order chi connectivity index (χ0) is 19.1. The molecular weight excluding hydrogens is 324 g/mol. The lowest BCUT2D eigenvalue weighted by molar-refractivity contribution is 0.175. The molecule has 1 fully saturated rings. The Morgan fingerprint density at radius 3 is 2.35 bits per heavy atom. The van der Waals surface area contributed by atoms with Crippen LogP contribution in [0.15, 0.2) is 4.99 Å². The summed E-state index contributed by atoms with van der Waals surface area (Å²) in [5.74, 6) is 0.924. The molecule has 0 saturated carbocycles. The van der Waals surface area contributed by atoms with Gasteiger partial charge < -0.3 is 20.6 Å². The number of aliphatic imine (C=N–C) groups is 1. The molecule has 0 bridgehead atoms. The fourth-order valence-corrected chi connectivity index (χ4v) is 3.76. The van der Waals surface area contributed by atoms with Gasteiger partial charge in [0.25, 0.3) is 0 Å². The molecular formula is C21H44N4O. The first-order chi connectivity index (χ1) is 12.7. The van der Waals surface area contributed by atoms with E-state index in [9.17, 15) is 5.11 Å². The van der Waals surface area contributed by atoms with Crippen LogP contribution < -0.4 is 10.6 Å². The number of rotatable bonds is 13. The number of guanidine groups is 1. The molecule has 5 heteroatoms. The summed E-state index contributed by atoms with van der Waals surface area (Å²) in [7, 11) is 0. The van der Waals surface area contributed by atoms with E-state index in [4.69, 9.17) is 4.99 Å². The maximum absolute atomic E-state index is 9.37. The van der Waals surface area contributed by atoms with Crippen molar-refractivity contribution in [2.45, 2.75) is 78.6 Å². The van der Waals surface area contributed by atoms with Crippen molar-refractivity contribution < 1.29 is 5.11 Å². The second-order valence-electron chi connectivity index (χ2n) is 7.77. The van der Waals surface area contributed by atoms with Gasteiger partial charge in [-0.3, -0.25) is 4.99 Å². The van der Waals surface area contributed by atoms with Crippen molar-refractivity contribution in [3.63, 3.8) is 0 Å². The van der Waals surface area contributed by atoms with Crippen LogP contribution in [0, 0.1) is 5.41 Å². The van der Waals surface area contributed by atoms with Crippen LogP contribution in [0.25, 0.3) is 0 Å². The van der Waals surface area contributed by atoms with Crippen molar-refractivity contribution in [1.82, 2.24) is 15.5 Å². The lowest BCUT2D eigenvalue weighted by atomic mass is 9.79. The first-order valence-electron chi connectivity index (χ1n) is 11.0. The van der Waals surface area contributed by atoms with Crippen LogP contribution in [-0.2, 0) is 0 Å². The van der Waals surface area contributed by atoms with Crippen LogP contribution in [0.3, 0.4) is 0 Å². The Bertz CT molecular complexity index is 363. The molecule has 1 saturated heterocycles. The summed E-state index contributed by atoms with van der Waals surface area (Å²) in [5.41, 5.74) is 0.131. The Morgan fingerprint density at radius 2 is 1.73 bits per heavy atom. The SMILES string of the molecule is CCNC(=NCC(CC)(CC)CCO)NCCCCCN1CCCCC1. The summed E-state index contributed by atoms with van der Waals surface area (Å²) < 4.78 is 0. The van der Waals surface area contributed by atoms with E-state index < -0.39 is 0 Å². The summed E-state index contributed by atoms with van der Waals surface area (Å²) in [6.07, 6.45) is 10.9. The van der Waals surface area contributed by atoms with Crippen LogP contribution in [0.1, 0.15) is 78.6 Å². The number of unbranched alkanes of at least 4 members (excludes halogenated alkanes) is 2. The van der Waals surface area contributed by atoms with Gasteiger partial charge in [0.2, 0.25) is 0 Å². The van der Waals surface area contributed by atoms with Gasteiger partial charge in [-0.05, 0) is 76.9 Å². The van der Waals surface area contributed by atoms with E-state index in [0.29, 0.717) is 0 Å².